The van der Waals surface area contributed by atoms with Crippen LogP contribution in [0.1, 0.15) is 0 Å². The molecule has 0 radical (unpaired) electrons. The van der Waals surface area contributed by atoms with E-state index in [9.17, 15) is 0 Å². The Kier molecular flexibility index (Phi) is 16.9. The van der Waals surface area contributed by atoms with Crippen LogP contribution in [0.5, 0.6) is 0 Å². The maximum Gasteiger partial charge on any atom is 0.164 e. The van der Waals surface area contributed by atoms with Crippen LogP contribution in [0.25, 0.3) is 209 Å². The zero-order valence-electron chi connectivity index (χ0n) is 59.5. The second-order valence-corrected chi connectivity index (χ2v) is 29.7. The Hall–Kier alpha value is -14.0. The van der Waals surface area contributed by atoms with Crippen LogP contribution in [-0.4, -0.2) is 29.9 Å². The van der Waals surface area contributed by atoms with Crippen molar-refractivity contribution in [3.05, 3.63) is 388 Å². The largest absolute Gasteiger partial charge is 0.208 e. The number of thiophene rings is 2. The molecule has 0 atom stereocenters. The molecule has 4 heterocycles. The van der Waals surface area contributed by atoms with Gasteiger partial charge in [-0.3, -0.25) is 0 Å². The highest BCUT2D eigenvalue weighted by Gasteiger charge is 2.23. The molecule has 0 aliphatic rings. The first kappa shape index (κ1) is 65.5. The lowest BCUT2D eigenvalue weighted by molar-refractivity contribution is 1.08. The molecule has 0 aliphatic carbocycles. The minimum atomic E-state index is 0.604. The van der Waals surface area contributed by atoms with Gasteiger partial charge in [0.25, 0.3) is 0 Å². The fourth-order valence-electron chi connectivity index (χ4n) is 15.5. The van der Waals surface area contributed by atoms with Crippen molar-refractivity contribution in [1.29, 1.82) is 0 Å². The lowest BCUT2D eigenvalue weighted by atomic mass is 9.88. The first-order valence-corrected chi connectivity index (χ1v) is 38.6. The summed E-state index contributed by atoms with van der Waals surface area (Å²) >= 11 is 3.59. The van der Waals surface area contributed by atoms with Gasteiger partial charge in [0.2, 0.25) is 0 Å². The summed E-state index contributed by atoms with van der Waals surface area (Å²) in [6.07, 6.45) is 0. The summed E-state index contributed by atoms with van der Waals surface area (Å²) in [4.78, 5) is 31.3. The van der Waals surface area contributed by atoms with E-state index in [4.69, 9.17) is 29.9 Å². The second kappa shape index (κ2) is 28.4. The number of hydrogen-bond acceptors (Lipinski definition) is 8. The molecule has 0 unspecified atom stereocenters. The molecule has 0 bridgehead atoms. The lowest BCUT2D eigenvalue weighted by Gasteiger charge is -2.16. The maximum absolute atomic E-state index is 5.39. The van der Waals surface area contributed by atoms with Crippen molar-refractivity contribution in [1.82, 2.24) is 29.9 Å². The third-order valence-corrected chi connectivity index (χ3v) is 23.2. The lowest BCUT2D eigenvalue weighted by Crippen LogP contribution is -2.00. The van der Waals surface area contributed by atoms with Crippen LogP contribution >= 0.6 is 22.7 Å². The van der Waals surface area contributed by atoms with Gasteiger partial charge in [-0.25, -0.2) is 29.9 Å². The summed E-state index contributed by atoms with van der Waals surface area (Å²) in [5, 5.41) is 4.58. The molecule has 20 rings (SSSR count). The molecule has 0 aliphatic heterocycles. The first-order chi connectivity index (χ1) is 54.5. The molecule has 8 heteroatoms. The molecule has 0 N–H and O–H groups in total. The second-order valence-electron chi connectivity index (χ2n) is 27.6. The average Bonchev–Trinajstić information content (AvgIpc) is 1.58. The van der Waals surface area contributed by atoms with Gasteiger partial charge in [0.05, 0.1) is 0 Å². The fraction of sp³-hybridized carbons (Fsp3) is 0. The fourth-order valence-corrected chi connectivity index (χ4v) is 17.8. The molecule has 6 nitrogen and oxygen atoms in total. The van der Waals surface area contributed by atoms with Gasteiger partial charge in [-0.2, -0.15) is 0 Å². The van der Waals surface area contributed by atoms with Crippen LogP contribution in [0.15, 0.2) is 388 Å². The van der Waals surface area contributed by atoms with Crippen molar-refractivity contribution in [2.75, 3.05) is 0 Å². The summed E-state index contributed by atoms with van der Waals surface area (Å²) in [5.41, 5.74) is 26.4. The molecule has 20 aromatic rings. The van der Waals surface area contributed by atoms with Crippen LogP contribution in [0.2, 0.25) is 0 Å². The van der Waals surface area contributed by atoms with Crippen LogP contribution in [0, 0.1) is 0 Å². The van der Waals surface area contributed by atoms with Crippen molar-refractivity contribution in [2.24, 2.45) is 0 Å². The first-order valence-electron chi connectivity index (χ1n) is 37.0. The van der Waals surface area contributed by atoms with Gasteiger partial charge in [-0.1, -0.05) is 340 Å². The van der Waals surface area contributed by atoms with E-state index in [1.807, 2.05) is 54.6 Å². The van der Waals surface area contributed by atoms with Gasteiger partial charge in [-0.05, 0) is 149 Å². The Balaban J connectivity index is 0.607. The minimum Gasteiger partial charge on any atom is -0.208 e. The Morgan fingerprint density at radius 1 is 0.136 bits per heavy atom. The van der Waals surface area contributed by atoms with E-state index in [1.54, 1.807) is 22.7 Å². The maximum atomic E-state index is 5.39. The summed E-state index contributed by atoms with van der Waals surface area (Å²) in [6, 6.07) is 139. The predicted octanol–water partition coefficient (Wildman–Crippen LogP) is 27.8. The highest BCUT2D eigenvalue weighted by molar-refractivity contribution is 7.26. The Morgan fingerprint density at radius 3 is 0.773 bits per heavy atom. The number of fused-ring (bicyclic) bond motifs is 6. The number of benzene rings is 16. The van der Waals surface area contributed by atoms with E-state index >= 15 is 0 Å². The van der Waals surface area contributed by atoms with Gasteiger partial charge in [0, 0.05) is 73.7 Å². The van der Waals surface area contributed by atoms with Crippen molar-refractivity contribution < 1.29 is 0 Å². The number of hydrogen-bond donors (Lipinski definition) is 0. The highest BCUT2D eigenvalue weighted by atomic mass is 32.1. The Labute approximate surface area is 645 Å². The Bertz CT molecular complexity index is 6820. The van der Waals surface area contributed by atoms with Gasteiger partial charge in [-0.15, -0.1) is 22.7 Å². The monoisotopic (exact) mass is 1440 g/mol. The molecular weight excluding hydrogens is 1370 g/mol. The van der Waals surface area contributed by atoms with Crippen molar-refractivity contribution in [3.8, 4) is 168 Å². The van der Waals surface area contributed by atoms with Crippen LogP contribution in [0.4, 0.5) is 0 Å². The van der Waals surface area contributed by atoms with Gasteiger partial charge in [0.15, 0.2) is 34.9 Å². The average molecular weight is 1440 g/mol. The van der Waals surface area contributed by atoms with Crippen LogP contribution in [-0.2, 0) is 0 Å². The molecule has 0 spiro atoms. The third kappa shape index (κ3) is 12.4. The van der Waals surface area contributed by atoms with Crippen molar-refractivity contribution in [3.63, 3.8) is 0 Å². The zero-order valence-corrected chi connectivity index (χ0v) is 61.1. The molecule has 16 aromatic carbocycles. The van der Waals surface area contributed by atoms with Crippen LogP contribution < -0.4 is 0 Å². The minimum absolute atomic E-state index is 0.604. The van der Waals surface area contributed by atoms with E-state index in [-0.39, 0.29) is 0 Å². The molecule has 110 heavy (non-hydrogen) atoms. The highest BCUT2D eigenvalue weighted by Crippen LogP contribution is 2.48. The quantitative estimate of drug-likeness (QED) is 0.102. The van der Waals surface area contributed by atoms with Gasteiger partial charge >= 0.3 is 0 Å². The number of nitrogens with zero attached hydrogens (tertiary/aromatic N) is 6. The summed E-state index contributed by atoms with van der Waals surface area (Å²) in [6.45, 7) is 0. The van der Waals surface area contributed by atoms with E-state index in [2.05, 4.69) is 334 Å². The van der Waals surface area contributed by atoms with E-state index in [1.165, 1.54) is 57.7 Å². The Morgan fingerprint density at radius 2 is 0.373 bits per heavy atom. The molecule has 0 fully saturated rings. The SMILES string of the molecule is c1ccc(-c2ccc(-c3ccccc3-c3ccccc3-c3ccc4sc5cccc(-c6nc(-c7ccccc7)nc(-c7ccc(-c8cccc(-c9cccc(-c%10ccccc%10-c%10ccccc%10-c%10ccc%11sc%12cccc(-c%13nc(-c%14ccccc%14)nc(-c%14ccccc%14)n%13)c%12c%11c%10)c9)c8)cc7)n6)c5c4c3)cc2)cc1. The summed E-state index contributed by atoms with van der Waals surface area (Å²) in [7, 11) is 0. The molecule has 0 saturated heterocycles. The van der Waals surface area contributed by atoms with Crippen molar-refractivity contribution >= 4 is 63.0 Å². The third-order valence-electron chi connectivity index (χ3n) is 20.9. The zero-order chi connectivity index (χ0) is 72.9. The molecular formula is C102H64N6S2. The van der Waals surface area contributed by atoms with Crippen molar-refractivity contribution in [2.45, 2.75) is 0 Å². The summed E-state index contributed by atoms with van der Waals surface area (Å²) < 4.78 is 4.74. The van der Waals surface area contributed by atoms with Gasteiger partial charge < -0.3 is 0 Å². The van der Waals surface area contributed by atoms with E-state index in [0.29, 0.717) is 34.9 Å². The standard InChI is InChI=1S/C102H64N6S2/c1-5-25-65(26-6-1)66-49-53-68(54-50-66)79-37-13-17-41-83(79)85-43-19-15-39-81(85)77-57-59-91-89(63-77)96-88(46-24-48-94(96)110-91)102-107-99(71-31-11-4-12-32-71)104-100(108-102)72-55-51-67(52-56-72)73-33-21-34-74(61-73)75-35-22-36-76(62-75)80-38-14-18-42-84(80)86-44-20-16-40-82(86)78-58-60-92-90(64-78)95-87(45-23-47-93(95)109-92)101-105-97(69-27-7-2-8-28-69)103-98(106-101)70-29-9-3-10-30-70/h1-64H. The number of rotatable bonds is 15. The van der Waals surface area contributed by atoms with Gasteiger partial charge in [0.1, 0.15) is 0 Å². The predicted molar refractivity (Wildman–Crippen MR) is 461 cm³/mol. The van der Waals surface area contributed by atoms with E-state index in [0.717, 1.165) is 116 Å². The molecule has 4 aromatic heterocycles. The topological polar surface area (TPSA) is 77.3 Å². The van der Waals surface area contributed by atoms with Crippen LogP contribution in [0.3, 0.4) is 0 Å². The molecule has 514 valence electrons. The number of aromatic nitrogens is 6. The molecule has 0 saturated carbocycles. The molecule has 0 amide bonds. The summed E-state index contributed by atoms with van der Waals surface area (Å²) in [5.74, 6) is 3.76. The smallest absolute Gasteiger partial charge is 0.164 e. The normalized spacial score (nSPS) is 11.5. The van der Waals surface area contributed by atoms with E-state index < -0.39 is 0 Å².